The van der Waals surface area contributed by atoms with Crippen LogP contribution in [-0.2, 0) is 6.54 Å². The van der Waals surface area contributed by atoms with Crippen molar-refractivity contribution in [3.8, 4) is 5.75 Å². The maximum atomic E-state index is 12.5. The Balaban J connectivity index is 1.29. The molecule has 1 amide bonds. The number of carbonyl (C=O) groups is 1. The van der Waals surface area contributed by atoms with Crippen molar-refractivity contribution in [1.82, 2.24) is 24.8 Å². The van der Waals surface area contributed by atoms with Crippen LogP contribution in [0.1, 0.15) is 41.7 Å². The van der Waals surface area contributed by atoms with Crippen LogP contribution in [-0.4, -0.2) is 70.5 Å². The highest BCUT2D eigenvalue weighted by molar-refractivity contribution is 5.92. The van der Waals surface area contributed by atoms with Crippen LogP contribution in [0.4, 0.5) is 0 Å². The number of likely N-dealkylation sites (tertiary alicyclic amines) is 2. The Bertz CT molecular complexity index is 872. The second kappa shape index (κ2) is 9.89. The lowest BCUT2D eigenvalue weighted by atomic mass is 9.98. The van der Waals surface area contributed by atoms with Gasteiger partial charge in [-0.3, -0.25) is 14.4 Å². The number of carbonyl (C=O) groups excluding carboxylic acids is 1. The van der Waals surface area contributed by atoms with Crippen LogP contribution in [0.25, 0.3) is 6.08 Å². The zero-order valence-corrected chi connectivity index (χ0v) is 17.7. The van der Waals surface area contributed by atoms with Crippen molar-refractivity contribution in [1.29, 1.82) is 0 Å². The molecule has 160 valence electrons. The van der Waals surface area contributed by atoms with Crippen molar-refractivity contribution in [3.63, 3.8) is 0 Å². The molecule has 1 aromatic heterocycles. The summed E-state index contributed by atoms with van der Waals surface area (Å²) in [6.07, 6.45) is 10.7. The molecule has 0 unspecified atom stereocenters. The summed E-state index contributed by atoms with van der Waals surface area (Å²) in [6.45, 7) is 5.56. The molecule has 0 aliphatic carbocycles. The number of para-hydroxylation sites is 1. The SMILES string of the molecule is COc1ccccc1/C=C/CN1CCC[C@@H](Cn2cc(C(=O)N3CCCC3)nn2)C1. The van der Waals surface area contributed by atoms with Crippen molar-refractivity contribution < 1.29 is 9.53 Å². The summed E-state index contributed by atoms with van der Waals surface area (Å²) in [5.74, 6) is 1.44. The number of benzene rings is 1. The monoisotopic (exact) mass is 409 g/mol. The van der Waals surface area contributed by atoms with Gasteiger partial charge in [0.25, 0.3) is 5.91 Å². The normalized spacial score (nSPS) is 20.2. The molecule has 7 heteroatoms. The predicted molar refractivity (Wildman–Crippen MR) is 116 cm³/mol. The summed E-state index contributed by atoms with van der Waals surface area (Å²) >= 11 is 0. The maximum Gasteiger partial charge on any atom is 0.276 e. The summed E-state index contributed by atoms with van der Waals surface area (Å²) in [6, 6.07) is 8.07. The Morgan fingerprint density at radius 2 is 2.03 bits per heavy atom. The molecule has 2 saturated heterocycles. The van der Waals surface area contributed by atoms with Crippen molar-refractivity contribution in [2.45, 2.75) is 32.2 Å². The van der Waals surface area contributed by atoms with Crippen molar-refractivity contribution in [2.24, 2.45) is 5.92 Å². The van der Waals surface area contributed by atoms with E-state index in [4.69, 9.17) is 4.74 Å². The molecule has 7 nitrogen and oxygen atoms in total. The van der Waals surface area contributed by atoms with Gasteiger partial charge in [0.1, 0.15) is 5.75 Å². The third-order valence-corrected chi connectivity index (χ3v) is 6.00. The quantitative estimate of drug-likeness (QED) is 0.704. The van der Waals surface area contributed by atoms with Gasteiger partial charge in [0.05, 0.1) is 13.3 Å². The van der Waals surface area contributed by atoms with Gasteiger partial charge in [0, 0.05) is 38.3 Å². The molecule has 0 N–H and O–H groups in total. The number of amides is 1. The number of hydrogen-bond acceptors (Lipinski definition) is 5. The summed E-state index contributed by atoms with van der Waals surface area (Å²) in [7, 11) is 1.70. The van der Waals surface area contributed by atoms with E-state index in [0.717, 1.165) is 63.4 Å². The van der Waals surface area contributed by atoms with Gasteiger partial charge in [-0.1, -0.05) is 35.6 Å². The fourth-order valence-electron chi connectivity index (χ4n) is 4.43. The lowest BCUT2D eigenvalue weighted by molar-refractivity contribution is 0.0787. The molecule has 2 fully saturated rings. The molecule has 3 heterocycles. The number of nitrogens with zero attached hydrogens (tertiary/aromatic N) is 5. The van der Waals surface area contributed by atoms with E-state index in [2.05, 4.69) is 33.4 Å². The molecule has 30 heavy (non-hydrogen) atoms. The van der Waals surface area contributed by atoms with Gasteiger partial charge < -0.3 is 9.64 Å². The summed E-state index contributed by atoms with van der Waals surface area (Å²) in [5, 5.41) is 8.35. The number of aromatic nitrogens is 3. The minimum Gasteiger partial charge on any atom is -0.496 e. The van der Waals surface area contributed by atoms with Gasteiger partial charge in [-0.15, -0.1) is 5.10 Å². The Kier molecular flexibility index (Phi) is 6.79. The average Bonchev–Trinajstić information content (AvgIpc) is 3.46. The minimum atomic E-state index is 0.0190. The number of ether oxygens (including phenoxy) is 1. The first kappa shape index (κ1) is 20.6. The average molecular weight is 410 g/mol. The highest BCUT2D eigenvalue weighted by Crippen LogP contribution is 2.21. The third-order valence-electron chi connectivity index (χ3n) is 6.00. The van der Waals surface area contributed by atoms with Crippen LogP contribution in [0.3, 0.4) is 0 Å². The van der Waals surface area contributed by atoms with Crippen molar-refractivity contribution >= 4 is 12.0 Å². The van der Waals surface area contributed by atoms with E-state index in [-0.39, 0.29) is 5.91 Å². The van der Waals surface area contributed by atoms with E-state index in [1.165, 1.54) is 12.8 Å². The first-order valence-electron chi connectivity index (χ1n) is 10.9. The van der Waals surface area contributed by atoms with E-state index in [9.17, 15) is 4.79 Å². The van der Waals surface area contributed by atoms with Crippen LogP contribution in [0, 0.1) is 5.92 Å². The van der Waals surface area contributed by atoms with Gasteiger partial charge >= 0.3 is 0 Å². The number of piperidine rings is 1. The molecular weight excluding hydrogens is 378 g/mol. The smallest absolute Gasteiger partial charge is 0.276 e. The summed E-state index contributed by atoms with van der Waals surface area (Å²) < 4.78 is 7.26. The van der Waals surface area contributed by atoms with Crippen LogP contribution in [0.2, 0.25) is 0 Å². The minimum absolute atomic E-state index is 0.0190. The number of rotatable bonds is 7. The third kappa shape index (κ3) is 5.08. The lowest BCUT2D eigenvalue weighted by Crippen LogP contribution is -2.37. The number of hydrogen-bond donors (Lipinski definition) is 0. The van der Waals surface area contributed by atoms with E-state index >= 15 is 0 Å². The van der Waals surface area contributed by atoms with Gasteiger partial charge in [-0.05, 0) is 44.2 Å². The van der Waals surface area contributed by atoms with Gasteiger partial charge in [0.15, 0.2) is 5.69 Å². The highest BCUT2D eigenvalue weighted by Gasteiger charge is 2.24. The van der Waals surface area contributed by atoms with Gasteiger partial charge in [-0.25, -0.2) is 0 Å². The Morgan fingerprint density at radius 1 is 1.20 bits per heavy atom. The summed E-state index contributed by atoms with van der Waals surface area (Å²) in [5.41, 5.74) is 1.58. The molecule has 0 radical (unpaired) electrons. The van der Waals surface area contributed by atoms with Gasteiger partial charge in [0.2, 0.25) is 0 Å². The van der Waals surface area contributed by atoms with E-state index in [1.54, 1.807) is 7.11 Å². The molecule has 0 spiro atoms. The molecule has 0 bridgehead atoms. The molecule has 1 aromatic carbocycles. The maximum absolute atomic E-state index is 12.5. The van der Waals surface area contributed by atoms with Crippen molar-refractivity contribution in [2.75, 3.05) is 39.8 Å². The largest absolute Gasteiger partial charge is 0.496 e. The topological polar surface area (TPSA) is 63.5 Å². The van der Waals surface area contributed by atoms with Gasteiger partial charge in [-0.2, -0.15) is 0 Å². The molecule has 4 rings (SSSR count). The first-order chi connectivity index (χ1) is 14.7. The Morgan fingerprint density at radius 3 is 2.87 bits per heavy atom. The van der Waals surface area contributed by atoms with Crippen molar-refractivity contribution in [3.05, 3.63) is 47.8 Å². The zero-order chi connectivity index (χ0) is 20.8. The summed E-state index contributed by atoms with van der Waals surface area (Å²) in [4.78, 5) is 16.8. The Labute approximate surface area is 178 Å². The van der Waals surface area contributed by atoms with Crippen LogP contribution in [0.5, 0.6) is 5.75 Å². The lowest BCUT2D eigenvalue weighted by Gasteiger charge is -2.31. The molecule has 2 aromatic rings. The van der Waals surface area contributed by atoms with E-state index in [0.29, 0.717) is 11.6 Å². The first-order valence-corrected chi connectivity index (χ1v) is 10.9. The van der Waals surface area contributed by atoms with E-state index < -0.39 is 0 Å². The fraction of sp³-hybridized carbons (Fsp3) is 0.522. The molecular formula is C23H31N5O2. The van der Waals surface area contributed by atoms with Crippen LogP contribution < -0.4 is 4.74 Å². The highest BCUT2D eigenvalue weighted by atomic mass is 16.5. The molecule has 0 saturated carbocycles. The molecule has 2 aliphatic rings. The zero-order valence-electron chi connectivity index (χ0n) is 17.7. The van der Waals surface area contributed by atoms with Crippen LogP contribution in [0.15, 0.2) is 36.5 Å². The number of methoxy groups -OCH3 is 1. The standard InChI is InChI=1S/C23H31N5O2/c1-30-22-11-3-2-9-20(22)10-7-13-26-12-6-8-19(16-26)17-28-18-21(24-25-28)23(29)27-14-4-5-15-27/h2-3,7,9-11,18-19H,4-6,8,12-17H2,1H3/b10-7+/t19-/m1/s1. The Hall–Kier alpha value is -2.67. The second-order valence-corrected chi connectivity index (χ2v) is 8.24. The second-order valence-electron chi connectivity index (χ2n) is 8.24. The predicted octanol–water partition coefficient (Wildman–Crippen LogP) is 2.95. The van der Waals surface area contributed by atoms with Crippen LogP contribution >= 0.6 is 0 Å². The van der Waals surface area contributed by atoms with E-state index in [1.807, 2.05) is 34.0 Å². The fourth-order valence-corrected chi connectivity index (χ4v) is 4.43. The molecule has 2 aliphatic heterocycles. The molecule has 1 atom stereocenters.